The third-order valence-corrected chi connectivity index (χ3v) is 5.46. The first-order valence-corrected chi connectivity index (χ1v) is 9.40. The van der Waals surface area contributed by atoms with Crippen LogP contribution in [0.25, 0.3) is 21.3 Å². The van der Waals surface area contributed by atoms with Gasteiger partial charge in [-0.3, -0.25) is 4.79 Å². The molecular weight excluding hydrogens is 404 g/mol. The fraction of sp³-hybridized carbons (Fsp3) is 0.294. The van der Waals surface area contributed by atoms with Crippen LogP contribution in [0.15, 0.2) is 28.7 Å². The summed E-state index contributed by atoms with van der Waals surface area (Å²) in [6.45, 7) is 6.07. The molecular formula is C17H17BrN4O2S. The molecule has 1 aromatic carbocycles. The summed E-state index contributed by atoms with van der Waals surface area (Å²) in [5.41, 5.74) is 3.71. The molecule has 0 aliphatic heterocycles. The van der Waals surface area contributed by atoms with Crippen LogP contribution in [0.1, 0.15) is 18.2 Å². The van der Waals surface area contributed by atoms with Crippen molar-refractivity contribution in [1.29, 1.82) is 0 Å². The van der Waals surface area contributed by atoms with Gasteiger partial charge in [-0.05, 0) is 42.8 Å². The Morgan fingerprint density at radius 3 is 2.76 bits per heavy atom. The quantitative estimate of drug-likeness (QED) is 0.583. The van der Waals surface area contributed by atoms with Gasteiger partial charge in [-0.1, -0.05) is 35.1 Å². The Morgan fingerprint density at radius 2 is 2.04 bits per heavy atom. The van der Waals surface area contributed by atoms with Crippen LogP contribution in [0, 0.1) is 13.8 Å². The lowest BCUT2D eigenvalue weighted by Crippen LogP contribution is -2.15. The van der Waals surface area contributed by atoms with E-state index in [1.807, 2.05) is 32.0 Å². The Kier molecular flexibility index (Phi) is 5.29. The van der Waals surface area contributed by atoms with Crippen molar-refractivity contribution in [3.63, 3.8) is 0 Å². The average Bonchev–Trinajstić information content (AvgIpc) is 3.13. The number of halogens is 1. The molecule has 2 heterocycles. The Hall–Kier alpha value is -2.06. The maximum atomic E-state index is 11.8. The molecule has 0 spiro atoms. The molecule has 0 N–H and O–H groups in total. The van der Waals surface area contributed by atoms with Gasteiger partial charge in [-0.2, -0.15) is 5.10 Å². The molecule has 0 bridgehead atoms. The van der Waals surface area contributed by atoms with E-state index in [2.05, 4.69) is 37.3 Å². The van der Waals surface area contributed by atoms with Crippen molar-refractivity contribution < 1.29 is 9.53 Å². The van der Waals surface area contributed by atoms with Crippen LogP contribution in [0.4, 0.5) is 0 Å². The van der Waals surface area contributed by atoms with Crippen LogP contribution in [-0.4, -0.2) is 32.6 Å². The Morgan fingerprint density at radius 1 is 1.28 bits per heavy atom. The number of esters is 1. The maximum Gasteiger partial charge on any atom is 0.327 e. The van der Waals surface area contributed by atoms with Crippen LogP contribution >= 0.6 is 27.3 Å². The third kappa shape index (κ3) is 3.80. The van der Waals surface area contributed by atoms with Gasteiger partial charge >= 0.3 is 5.97 Å². The lowest BCUT2D eigenvalue weighted by Gasteiger charge is -2.05. The molecule has 3 aromatic rings. The number of carbonyl (C=O) groups is 1. The van der Waals surface area contributed by atoms with Gasteiger partial charge in [-0.15, -0.1) is 10.2 Å². The van der Waals surface area contributed by atoms with Crippen molar-refractivity contribution in [2.24, 2.45) is 0 Å². The predicted octanol–water partition coefficient (Wildman–Crippen LogP) is 4.01. The van der Waals surface area contributed by atoms with Crippen molar-refractivity contribution in [1.82, 2.24) is 20.0 Å². The van der Waals surface area contributed by atoms with E-state index in [9.17, 15) is 4.79 Å². The molecule has 0 aliphatic rings. The Balaban J connectivity index is 1.98. The molecule has 2 aromatic heterocycles. The maximum absolute atomic E-state index is 11.8. The van der Waals surface area contributed by atoms with Crippen LogP contribution in [0.2, 0.25) is 0 Å². The first kappa shape index (κ1) is 17.8. The first-order valence-electron chi connectivity index (χ1n) is 7.79. The number of carbonyl (C=O) groups excluding carboxylic acids is 1. The number of nitrogens with zero attached hydrogens (tertiary/aromatic N) is 4. The summed E-state index contributed by atoms with van der Waals surface area (Å²) < 4.78 is 7.44. The molecule has 0 saturated carbocycles. The SMILES string of the molecule is CCOC(=O)Cn1nc(C)c(Br)c1-c1nnc(-c2cccc(C)c2)s1. The number of aryl methyl sites for hydroxylation is 2. The molecule has 0 aliphatic carbocycles. The molecule has 0 saturated heterocycles. The van der Waals surface area contributed by atoms with Gasteiger partial charge in [0.05, 0.1) is 16.8 Å². The molecule has 0 fully saturated rings. The van der Waals surface area contributed by atoms with Crippen molar-refractivity contribution in [3.8, 4) is 21.3 Å². The number of hydrogen-bond acceptors (Lipinski definition) is 6. The number of ether oxygens (including phenoxy) is 1. The van der Waals surface area contributed by atoms with Crippen molar-refractivity contribution in [2.75, 3.05) is 6.61 Å². The Bertz CT molecular complexity index is 919. The molecule has 25 heavy (non-hydrogen) atoms. The fourth-order valence-corrected chi connectivity index (χ4v) is 3.92. The standard InChI is InChI=1S/C17H17BrN4O2S/c1-4-24-13(23)9-22-15(14(18)11(3)21-22)17-20-19-16(25-17)12-7-5-6-10(2)8-12/h5-8H,4,9H2,1-3H3. The average molecular weight is 421 g/mol. The molecule has 0 radical (unpaired) electrons. The summed E-state index contributed by atoms with van der Waals surface area (Å²) >= 11 is 5.01. The van der Waals surface area contributed by atoms with Crippen molar-refractivity contribution in [2.45, 2.75) is 27.3 Å². The van der Waals surface area contributed by atoms with E-state index < -0.39 is 0 Å². The summed E-state index contributed by atoms with van der Waals surface area (Å²) in [5.74, 6) is -0.331. The lowest BCUT2D eigenvalue weighted by atomic mass is 10.1. The number of benzene rings is 1. The van der Waals surface area contributed by atoms with Crippen LogP contribution < -0.4 is 0 Å². The smallest absolute Gasteiger partial charge is 0.327 e. The molecule has 6 nitrogen and oxygen atoms in total. The monoisotopic (exact) mass is 420 g/mol. The summed E-state index contributed by atoms with van der Waals surface area (Å²) in [6.07, 6.45) is 0. The second kappa shape index (κ2) is 7.45. The molecule has 0 amide bonds. The summed E-state index contributed by atoms with van der Waals surface area (Å²) in [6, 6.07) is 8.12. The Labute approximate surface area is 158 Å². The second-order valence-electron chi connectivity index (χ2n) is 5.49. The van der Waals surface area contributed by atoms with Gasteiger partial charge in [0.25, 0.3) is 0 Å². The molecule has 130 valence electrons. The van der Waals surface area contributed by atoms with Crippen LogP contribution in [0.5, 0.6) is 0 Å². The summed E-state index contributed by atoms with van der Waals surface area (Å²) in [5, 5.41) is 14.5. The van der Waals surface area contributed by atoms with E-state index in [-0.39, 0.29) is 12.5 Å². The van der Waals surface area contributed by atoms with Crippen LogP contribution in [-0.2, 0) is 16.1 Å². The summed E-state index contributed by atoms with van der Waals surface area (Å²) in [7, 11) is 0. The second-order valence-corrected chi connectivity index (χ2v) is 7.26. The highest BCUT2D eigenvalue weighted by atomic mass is 79.9. The zero-order valence-electron chi connectivity index (χ0n) is 14.1. The molecule has 8 heteroatoms. The van der Waals surface area contributed by atoms with E-state index in [4.69, 9.17) is 4.74 Å². The first-order chi connectivity index (χ1) is 12.0. The molecule has 0 atom stereocenters. The van der Waals surface area contributed by atoms with Gasteiger partial charge in [-0.25, -0.2) is 4.68 Å². The molecule has 3 rings (SSSR count). The highest BCUT2D eigenvalue weighted by molar-refractivity contribution is 9.10. The zero-order chi connectivity index (χ0) is 18.0. The van der Waals surface area contributed by atoms with Crippen molar-refractivity contribution >= 4 is 33.2 Å². The zero-order valence-corrected chi connectivity index (χ0v) is 16.5. The van der Waals surface area contributed by atoms with E-state index in [1.165, 1.54) is 16.9 Å². The van der Waals surface area contributed by atoms with Gasteiger partial charge in [0.2, 0.25) is 0 Å². The van der Waals surface area contributed by atoms with E-state index in [1.54, 1.807) is 11.6 Å². The third-order valence-electron chi connectivity index (χ3n) is 3.53. The van der Waals surface area contributed by atoms with E-state index >= 15 is 0 Å². The largest absolute Gasteiger partial charge is 0.465 e. The minimum absolute atomic E-state index is 0.0367. The number of aromatic nitrogens is 4. The fourth-order valence-electron chi connectivity index (χ4n) is 2.42. The summed E-state index contributed by atoms with van der Waals surface area (Å²) in [4.78, 5) is 11.8. The van der Waals surface area contributed by atoms with Gasteiger partial charge in [0, 0.05) is 5.56 Å². The van der Waals surface area contributed by atoms with Gasteiger partial charge in [0.1, 0.15) is 17.2 Å². The topological polar surface area (TPSA) is 69.9 Å². The van der Waals surface area contributed by atoms with E-state index in [0.29, 0.717) is 11.6 Å². The number of rotatable bonds is 5. The minimum atomic E-state index is -0.331. The predicted molar refractivity (Wildman–Crippen MR) is 100 cm³/mol. The van der Waals surface area contributed by atoms with Gasteiger partial charge in [0.15, 0.2) is 5.01 Å². The number of hydrogen-bond donors (Lipinski definition) is 0. The van der Waals surface area contributed by atoms with Crippen LogP contribution in [0.3, 0.4) is 0 Å². The van der Waals surface area contributed by atoms with Gasteiger partial charge < -0.3 is 4.74 Å². The highest BCUT2D eigenvalue weighted by Crippen LogP contribution is 2.35. The normalized spacial score (nSPS) is 10.9. The molecule has 0 unspecified atom stereocenters. The highest BCUT2D eigenvalue weighted by Gasteiger charge is 2.21. The van der Waals surface area contributed by atoms with Crippen molar-refractivity contribution in [3.05, 3.63) is 40.0 Å². The minimum Gasteiger partial charge on any atom is -0.465 e. The van der Waals surface area contributed by atoms with E-state index in [0.717, 1.165) is 26.4 Å². The lowest BCUT2D eigenvalue weighted by molar-refractivity contribution is -0.144.